The van der Waals surface area contributed by atoms with Crippen molar-refractivity contribution >= 4 is 11.6 Å². The average molecular weight is 404 g/mol. The molecule has 6 nitrogen and oxygen atoms in total. The Morgan fingerprint density at radius 2 is 1.58 bits per heavy atom. The van der Waals surface area contributed by atoms with Crippen LogP contribution in [0.4, 0.5) is 11.6 Å². The Hall–Kier alpha value is -4.32. The van der Waals surface area contributed by atoms with Crippen LogP contribution in [0.5, 0.6) is 0 Å². The lowest BCUT2D eigenvalue weighted by Gasteiger charge is -2.09. The molecule has 31 heavy (non-hydrogen) atoms. The molecule has 2 N–H and O–H groups in total. The highest BCUT2D eigenvalue weighted by atomic mass is 15.2. The van der Waals surface area contributed by atoms with E-state index in [1.54, 1.807) is 6.20 Å². The van der Waals surface area contributed by atoms with Gasteiger partial charge in [0.25, 0.3) is 0 Å². The molecule has 0 bridgehead atoms. The molecule has 2 heterocycles. The van der Waals surface area contributed by atoms with Crippen LogP contribution in [-0.4, -0.2) is 25.1 Å². The van der Waals surface area contributed by atoms with Gasteiger partial charge in [0.15, 0.2) is 5.82 Å². The van der Waals surface area contributed by atoms with Gasteiger partial charge in [-0.1, -0.05) is 48.5 Å². The summed E-state index contributed by atoms with van der Waals surface area (Å²) in [5, 5.41) is 10.0. The van der Waals surface area contributed by atoms with E-state index in [-0.39, 0.29) is 0 Å². The van der Waals surface area contributed by atoms with Crippen molar-refractivity contribution in [3.63, 3.8) is 0 Å². The smallest absolute Gasteiger partial charge is 0.227 e. The zero-order chi connectivity index (χ0) is 20.9. The Morgan fingerprint density at radius 3 is 2.39 bits per heavy atom. The van der Waals surface area contributed by atoms with E-state index in [2.05, 4.69) is 74.0 Å². The third kappa shape index (κ3) is 4.48. The molecule has 0 aliphatic heterocycles. The molecule has 0 amide bonds. The average Bonchev–Trinajstić information content (AvgIpc) is 3.36. The Balaban J connectivity index is 1.34. The van der Waals surface area contributed by atoms with Crippen LogP contribution in [0.2, 0.25) is 0 Å². The number of benzene rings is 3. The van der Waals surface area contributed by atoms with E-state index >= 15 is 0 Å². The van der Waals surface area contributed by atoms with Gasteiger partial charge in [-0.15, -0.1) is 0 Å². The number of nitrogens with one attached hydrogen (secondary N) is 2. The molecule has 2 aromatic heterocycles. The minimum atomic E-state index is 0.554. The van der Waals surface area contributed by atoms with Crippen molar-refractivity contribution in [1.29, 1.82) is 0 Å². The van der Waals surface area contributed by atoms with E-state index < -0.39 is 0 Å². The van der Waals surface area contributed by atoms with Crippen molar-refractivity contribution in [2.45, 2.75) is 6.42 Å². The third-order valence-corrected chi connectivity index (χ3v) is 4.96. The predicted molar refractivity (Wildman–Crippen MR) is 122 cm³/mol. The Kier molecular flexibility index (Phi) is 5.18. The standard InChI is InChI=1S/C25H20N6/c1-2-5-18(6-3-1)15-19-7-4-8-21(16-19)23-13-14-26-25(30-23)29-22-11-9-20(10-12-22)24-27-17-28-31-24/h1-14,16-17H,15H2,(H,26,29,30)(H,27,28,31). The number of hydrogen-bond donors (Lipinski definition) is 2. The largest absolute Gasteiger partial charge is 0.324 e. The van der Waals surface area contributed by atoms with Crippen LogP contribution in [0, 0.1) is 0 Å². The monoisotopic (exact) mass is 404 g/mol. The molecule has 0 aliphatic carbocycles. The van der Waals surface area contributed by atoms with Crippen LogP contribution in [0.3, 0.4) is 0 Å². The minimum absolute atomic E-state index is 0.554. The maximum atomic E-state index is 4.71. The molecule has 0 saturated carbocycles. The second-order valence-corrected chi connectivity index (χ2v) is 7.16. The molecule has 0 aliphatic rings. The van der Waals surface area contributed by atoms with E-state index in [0.717, 1.165) is 34.8 Å². The van der Waals surface area contributed by atoms with Crippen LogP contribution in [0.15, 0.2) is 97.5 Å². The summed E-state index contributed by atoms with van der Waals surface area (Å²) in [6.45, 7) is 0. The van der Waals surface area contributed by atoms with Crippen molar-refractivity contribution < 1.29 is 0 Å². The number of H-pyrrole nitrogens is 1. The van der Waals surface area contributed by atoms with Crippen molar-refractivity contribution in [3.8, 4) is 22.6 Å². The lowest BCUT2D eigenvalue weighted by atomic mass is 10.0. The first-order valence-electron chi connectivity index (χ1n) is 10.0. The van der Waals surface area contributed by atoms with Gasteiger partial charge in [-0.2, -0.15) is 5.10 Å². The number of hydrogen-bond acceptors (Lipinski definition) is 5. The first kappa shape index (κ1) is 18.7. The lowest BCUT2D eigenvalue weighted by molar-refractivity contribution is 1.10. The Bertz CT molecular complexity index is 1270. The fourth-order valence-electron chi connectivity index (χ4n) is 3.44. The second kappa shape index (κ2) is 8.59. The molecule has 0 fully saturated rings. The first-order valence-corrected chi connectivity index (χ1v) is 10.0. The van der Waals surface area contributed by atoms with E-state index in [0.29, 0.717) is 5.95 Å². The Labute approximate surface area is 180 Å². The summed E-state index contributed by atoms with van der Waals surface area (Å²) < 4.78 is 0. The number of aromatic nitrogens is 5. The van der Waals surface area contributed by atoms with Crippen molar-refractivity contribution in [3.05, 3.63) is 109 Å². The molecule has 3 aromatic carbocycles. The molecule has 150 valence electrons. The molecular weight excluding hydrogens is 384 g/mol. The summed E-state index contributed by atoms with van der Waals surface area (Å²) in [6, 6.07) is 28.8. The van der Waals surface area contributed by atoms with Gasteiger partial charge in [-0.25, -0.2) is 15.0 Å². The summed E-state index contributed by atoms with van der Waals surface area (Å²) in [6.07, 6.45) is 4.16. The van der Waals surface area contributed by atoms with Gasteiger partial charge in [-0.3, -0.25) is 5.10 Å². The number of rotatable bonds is 6. The summed E-state index contributed by atoms with van der Waals surface area (Å²) in [4.78, 5) is 13.2. The Morgan fingerprint density at radius 1 is 0.742 bits per heavy atom. The summed E-state index contributed by atoms with van der Waals surface area (Å²) >= 11 is 0. The molecule has 0 spiro atoms. The van der Waals surface area contributed by atoms with E-state index in [9.17, 15) is 0 Å². The maximum absolute atomic E-state index is 4.71. The molecule has 5 aromatic rings. The van der Waals surface area contributed by atoms with Crippen molar-refractivity contribution in [2.75, 3.05) is 5.32 Å². The van der Waals surface area contributed by atoms with E-state index in [1.807, 2.05) is 36.4 Å². The second-order valence-electron chi connectivity index (χ2n) is 7.16. The fourth-order valence-corrected chi connectivity index (χ4v) is 3.44. The van der Waals surface area contributed by atoms with Gasteiger partial charge in [0, 0.05) is 23.0 Å². The number of aromatic amines is 1. The van der Waals surface area contributed by atoms with Crippen molar-refractivity contribution in [1.82, 2.24) is 25.1 Å². The number of anilines is 2. The highest BCUT2D eigenvalue weighted by molar-refractivity contribution is 5.65. The predicted octanol–water partition coefficient (Wildman–Crippen LogP) is 5.26. The molecule has 0 radical (unpaired) electrons. The van der Waals surface area contributed by atoms with Gasteiger partial charge in [0.2, 0.25) is 5.95 Å². The van der Waals surface area contributed by atoms with Crippen molar-refractivity contribution in [2.24, 2.45) is 0 Å². The van der Waals surface area contributed by atoms with Gasteiger partial charge >= 0.3 is 0 Å². The van der Waals surface area contributed by atoms with Crippen LogP contribution < -0.4 is 5.32 Å². The van der Waals surface area contributed by atoms with Crippen LogP contribution in [0.1, 0.15) is 11.1 Å². The molecule has 0 saturated heterocycles. The summed E-state index contributed by atoms with van der Waals surface area (Å²) in [5.74, 6) is 1.29. The zero-order valence-corrected chi connectivity index (χ0v) is 16.7. The van der Waals surface area contributed by atoms with Crippen LogP contribution in [0.25, 0.3) is 22.6 Å². The lowest BCUT2D eigenvalue weighted by Crippen LogP contribution is -1.98. The SMILES string of the molecule is c1ccc(Cc2cccc(-c3ccnc(Nc4ccc(-c5ncn[nH]5)cc4)n3)c2)cc1. The quantitative estimate of drug-likeness (QED) is 0.403. The first-order chi connectivity index (χ1) is 15.3. The maximum Gasteiger partial charge on any atom is 0.227 e. The van der Waals surface area contributed by atoms with Crippen LogP contribution >= 0.6 is 0 Å². The molecule has 5 rings (SSSR count). The zero-order valence-electron chi connectivity index (χ0n) is 16.7. The van der Waals surface area contributed by atoms with E-state index in [1.165, 1.54) is 17.5 Å². The third-order valence-electron chi connectivity index (χ3n) is 4.96. The highest BCUT2D eigenvalue weighted by Crippen LogP contribution is 2.23. The molecule has 6 heteroatoms. The van der Waals surface area contributed by atoms with Gasteiger partial charge in [0.1, 0.15) is 6.33 Å². The van der Waals surface area contributed by atoms with E-state index in [4.69, 9.17) is 4.98 Å². The number of nitrogens with zero attached hydrogens (tertiary/aromatic N) is 4. The highest BCUT2D eigenvalue weighted by Gasteiger charge is 2.06. The fraction of sp³-hybridized carbons (Fsp3) is 0.0400. The van der Waals surface area contributed by atoms with Crippen LogP contribution in [-0.2, 0) is 6.42 Å². The molecule has 0 atom stereocenters. The minimum Gasteiger partial charge on any atom is -0.324 e. The summed E-state index contributed by atoms with van der Waals surface area (Å²) in [7, 11) is 0. The molecule has 0 unspecified atom stereocenters. The van der Waals surface area contributed by atoms with Gasteiger partial charge < -0.3 is 5.32 Å². The molecular formula is C25H20N6. The topological polar surface area (TPSA) is 79.4 Å². The summed E-state index contributed by atoms with van der Waals surface area (Å²) in [5.41, 5.74) is 6.36. The van der Waals surface area contributed by atoms with Gasteiger partial charge in [-0.05, 0) is 53.9 Å². The van der Waals surface area contributed by atoms with Gasteiger partial charge in [0.05, 0.1) is 5.69 Å². The normalized spacial score (nSPS) is 10.7.